The highest BCUT2D eigenvalue weighted by molar-refractivity contribution is 5.80. The lowest BCUT2D eigenvalue weighted by Crippen LogP contribution is -2.00. The van der Waals surface area contributed by atoms with Gasteiger partial charge in [0.25, 0.3) is 0 Å². The third-order valence-electron chi connectivity index (χ3n) is 4.69. The van der Waals surface area contributed by atoms with Crippen LogP contribution in [0.15, 0.2) is 35.5 Å². The average Bonchev–Trinajstić information content (AvgIpc) is 2.71. The van der Waals surface area contributed by atoms with Crippen LogP contribution in [0.25, 0.3) is 0 Å². The van der Waals surface area contributed by atoms with E-state index in [0.29, 0.717) is 12.0 Å². The minimum absolute atomic E-state index is 0.309. The van der Waals surface area contributed by atoms with E-state index in [2.05, 4.69) is 24.2 Å². The Morgan fingerprint density at radius 2 is 1.52 bits per heavy atom. The van der Waals surface area contributed by atoms with Crippen molar-refractivity contribution in [1.29, 1.82) is 0 Å². The lowest BCUT2D eigenvalue weighted by atomic mass is 10.1. The monoisotopic (exact) mass is 407 g/mol. The molecule has 0 unspecified atom stereocenters. The normalized spacial score (nSPS) is 11.6. The molecule has 0 N–H and O–H groups in total. The van der Waals surface area contributed by atoms with Crippen molar-refractivity contribution < 1.29 is 18.4 Å². The molecule has 0 heterocycles. The Balaban J connectivity index is 1.95. The second kappa shape index (κ2) is 16.9. The van der Waals surface area contributed by atoms with Crippen molar-refractivity contribution in [3.05, 3.63) is 47.5 Å². The summed E-state index contributed by atoms with van der Waals surface area (Å²) in [6, 6.07) is 3.36. The first-order valence-corrected chi connectivity index (χ1v) is 11.0. The Labute approximate surface area is 174 Å². The number of hydrogen-bond donors (Lipinski definition) is 0. The van der Waals surface area contributed by atoms with Crippen molar-refractivity contribution in [2.45, 2.75) is 90.4 Å². The van der Waals surface area contributed by atoms with Gasteiger partial charge in [0.1, 0.15) is 0 Å². The van der Waals surface area contributed by atoms with E-state index >= 15 is 0 Å². The molecule has 0 bridgehead atoms. The van der Waals surface area contributed by atoms with Gasteiger partial charge in [0.05, 0.1) is 6.21 Å². The number of rotatable bonds is 16. The number of nitrogens with zero attached hydrogens (tertiary/aromatic N) is 1. The van der Waals surface area contributed by atoms with E-state index < -0.39 is 17.6 Å². The topological polar surface area (TPSA) is 38.7 Å². The molecule has 1 aromatic rings. The highest BCUT2D eigenvalue weighted by Gasteiger charge is 2.03. The zero-order valence-electron chi connectivity index (χ0n) is 17.7. The maximum atomic E-state index is 13.0. The van der Waals surface area contributed by atoms with Crippen LogP contribution in [0, 0.1) is 11.6 Å². The van der Waals surface area contributed by atoms with Crippen LogP contribution in [-0.4, -0.2) is 12.2 Å². The largest absolute Gasteiger partial charge is 0.335 e. The number of hydrogen-bond acceptors (Lipinski definition) is 3. The fourth-order valence-electron chi connectivity index (χ4n) is 2.95. The maximum Gasteiger partial charge on any atom is 0.335 e. The van der Waals surface area contributed by atoms with Gasteiger partial charge in [0.15, 0.2) is 11.6 Å². The SMILES string of the molecule is CCCCCCCC/C=C/CCCCCCC(=O)O/N=C/c1ccc(F)c(F)c1. The van der Waals surface area contributed by atoms with Crippen molar-refractivity contribution in [3.8, 4) is 0 Å². The van der Waals surface area contributed by atoms with Crippen molar-refractivity contribution in [3.63, 3.8) is 0 Å². The molecule has 5 heteroatoms. The van der Waals surface area contributed by atoms with E-state index in [-0.39, 0.29) is 0 Å². The van der Waals surface area contributed by atoms with Crippen molar-refractivity contribution in [1.82, 2.24) is 0 Å². The smallest absolute Gasteiger partial charge is 0.318 e. The van der Waals surface area contributed by atoms with Gasteiger partial charge in [-0.3, -0.25) is 0 Å². The third kappa shape index (κ3) is 13.7. The molecule has 3 nitrogen and oxygen atoms in total. The van der Waals surface area contributed by atoms with Gasteiger partial charge in [0.2, 0.25) is 0 Å². The molecular weight excluding hydrogens is 372 g/mol. The molecule has 0 spiro atoms. The van der Waals surface area contributed by atoms with Crippen LogP contribution >= 0.6 is 0 Å². The highest BCUT2D eigenvalue weighted by Crippen LogP contribution is 2.10. The number of benzene rings is 1. The van der Waals surface area contributed by atoms with Gasteiger partial charge in [-0.15, -0.1) is 0 Å². The number of carbonyl (C=O) groups excluding carboxylic acids is 1. The number of carbonyl (C=O) groups is 1. The minimum Gasteiger partial charge on any atom is -0.318 e. The summed E-state index contributed by atoms with van der Waals surface area (Å²) < 4.78 is 25.8. The Bertz CT molecular complexity index is 629. The molecule has 1 aromatic carbocycles. The standard InChI is InChI=1S/C24H35F2NO2/c1-2-3-4-5-6-7-8-9-10-11-12-13-14-15-16-24(28)29-27-20-21-17-18-22(25)23(26)19-21/h9-10,17-20H,2-8,11-16H2,1H3/b10-9+,27-20+. The van der Waals surface area contributed by atoms with Crippen molar-refractivity contribution in [2.75, 3.05) is 0 Å². The summed E-state index contributed by atoms with van der Waals surface area (Å²) in [6.07, 6.45) is 20.3. The van der Waals surface area contributed by atoms with Crippen LogP contribution in [-0.2, 0) is 9.63 Å². The van der Waals surface area contributed by atoms with Gasteiger partial charge < -0.3 is 4.84 Å². The minimum atomic E-state index is -0.961. The Kier molecular flexibility index (Phi) is 14.5. The first-order chi connectivity index (χ1) is 14.1. The molecule has 0 atom stereocenters. The molecule has 0 saturated carbocycles. The van der Waals surface area contributed by atoms with Crippen LogP contribution in [0.5, 0.6) is 0 Å². The Hall–Kier alpha value is -2.04. The predicted octanol–water partition coefficient (Wildman–Crippen LogP) is 7.49. The Morgan fingerprint density at radius 1 is 0.897 bits per heavy atom. The molecular formula is C24H35F2NO2. The molecule has 1 rings (SSSR count). The zero-order chi connectivity index (χ0) is 21.2. The lowest BCUT2D eigenvalue weighted by Gasteiger charge is -2.00. The molecule has 162 valence electrons. The number of halogens is 2. The lowest BCUT2D eigenvalue weighted by molar-refractivity contribution is -0.143. The average molecular weight is 408 g/mol. The molecule has 0 fully saturated rings. The number of unbranched alkanes of at least 4 members (excludes halogenated alkanes) is 10. The summed E-state index contributed by atoms with van der Waals surface area (Å²) in [5, 5.41) is 3.52. The van der Waals surface area contributed by atoms with Crippen LogP contribution < -0.4 is 0 Å². The van der Waals surface area contributed by atoms with Crippen LogP contribution in [0.4, 0.5) is 8.78 Å². The van der Waals surface area contributed by atoms with Crippen molar-refractivity contribution in [2.24, 2.45) is 5.16 Å². The summed E-state index contributed by atoms with van der Waals surface area (Å²) in [6.45, 7) is 2.24. The van der Waals surface area contributed by atoms with Crippen LogP contribution in [0.1, 0.15) is 96.0 Å². The van der Waals surface area contributed by atoms with E-state index in [1.807, 2.05) is 0 Å². The predicted molar refractivity (Wildman–Crippen MR) is 115 cm³/mol. The number of allylic oxidation sites excluding steroid dienone is 2. The van der Waals surface area contributed by atoms with Gasteiger partial charge in [-0.2, -0.15) is 0 Å². The van der Waals surface area contributed by atoms with E-state index in [9.17, 15) is 13.6 Å². The highest BCUT2D eigenvalue weighted by atomic mass is 19.2. The number of oxime groups is 1. The molecule has 0 amide bonds. The first-order valence-electron chi connectivity index (χ1n) is 11.0. The van der Waals surface area contributed by atoms with Crippen molar-refractivity contribution >= 4 is 12.2 Å². The summed E-state index contributed by atoms with van der Waals surface area (Å²) >= 11 is 0. The molecule has 0 radical (unpaired) electrons. The summed E-state index contributed by atoms with van der Waals surface area (Å²) in [5.41, 5.74) is 0.334. The second-order valence-corrected chi connectivity index (χ2v) is 7.35. The molecule has 0 aliphatic heterocycles. The van der Waals surface area contributed by atoms with Gasteiger partial charge in [0, 0.05) is 6.42 Å². The van der Waals surface area contributed by atoms with Gasteiger partial charge in [-0.05, 0) is 49.8 Å². The zero-order valence-corrected chi connectivity index (χ0v) is 17.7. The molecule has 0 aromatic heterocycles. The quantitative estimate of drug-likeness (QED) is 0.0936. The summed E-state index contributed by atoms with van der Waals surface area (Å²) in [7, 11) is 0. The first kappa shape index (κ1) is 25.0. The molecule has 0 aliphatic rings. The van der Waals surface area contributed by atoms with Crippen LogP contribution in [0.3, 0.4) is 0 Å². The van der Waals surface area contributed by atoms with Crippen LogP contribution in [0.2, 0.25) is 0 Å². The molecule has 0 saturated heterocycles. The van der Waals surface area contributed by atoms with E-state index in [1.165, 1.54) is 57.2 Å². The van der Waals surface area contributed by atoms with E-state index in [4.69, 9.17) is 4.84 Å². The van der Waals surface area contributed by atoms with Gasteiger partial charge in [-0.25, -0.2) is 13.6 Å². The third-order valence-corrected chi connectivity index (χ3v) is 4.69. The fourth-order valence-corrected chi connectivity index (χ4v) is 2.95. The molecule has 0 aliphatic carbocycles. The second-order valence-electron chi connectivity index (χ2n) is 7.35. The summed E-state index contributed by atoms with van der Waals surface area (Å²) in [5.74, 6) is -2.30. The summed E-state index contributed by atoms with van der Waals surface area (Å²) in [4.78, 5) is 16.3. The Morgan fingerprint density at radius 3 is 2.17 bits per heavy atom. The van der Waals surface area contributed by atoms with E-state index in [0.717, 1.165) is 44.2 Å². The molecule has 29 heavy (non-hydrogen) atoms. The maximum absolute atomic E-state index is 13.0. The van der Waals surface area contributed by atoms with Gasteiger partial charge >= 0.3 is 5.97 Å². The van der Waals surface area contributed by atoms with E-state index in [1.54, 1.807) is 0 Å². The fraction of sp³-hybridized carbons (Fsp3) is 0.583. The van der Waals surface area contributed by atoms with Gasteiger partial charge in [-0.1, -0.05) is 75.2 Å².